The fourth-order valence-corrected chi connectivity index (χ4v) is 6.83. The summed E-state index contributed by atoms with van der Waals surface area (Å²) in [5, 5.41) is 4.54. The molecular weight excluding hydrogens is 630 g/mol. The lowest BCUT2D eigenvalue weighted by atomic mass is 10.0. The molecule has 0 atom stereocenters. The molecule has 0 saturated heterocycles. The summed E-state index contributed by atoms with van der Waals surface area (Å²) in [6.07, 6.45) is 0. The van der Waals surface area contributed by atoms with E-state index in [1.165, 1.54) is 0 Å². The fourth-order valence-electron chi connectivity index (χ4n) is 6.57. The standard InChI is InChI=1S/C42H26BrNO2/c43-29-19-25-32(26-20-29)44(30-21-15-27(16-22-30)33-9-5-11-37-35-7-1-3-13-39(35)45-41(33)37)31-23-17-28(18-24-31)34-10-6-12-38-36-8-2-4-14-40(36)46-42(34)38/h1-26H. The molecule has 0 aliphatic carbocycles. The molecule has 9 rings (SSSR count). The summed E-state index contributed by atoms with van der Waals surface area (Å²) in [4.78, 5) is 2.28. The number of benzene rings is 7. The van der Waals surface area contributed by atoms with Crippen LogP contribution in [0.25, 0.3) is 66.1 Å². The fraction of sp³-hybridized carbons (Fsp3) is 0. The van der Waals surface area contributed by atoms with Crippen molar-refractivity contribution in [1.29, 1.82) is 0 Å². The Morgan fingerprint density at radius 1 is 0.370 bits per heavy atom. The Morgan fingerprint density at radius 2 is 0.761 bits per heavy atom. The van der Waals surface area contributed by atoms with Crippen LogP contribution in [0.2, 0.25) is 0 Å². The average molecular weight is 657 g/mol. The van der Waals surface area contributed by atoms with Crippen molar-refractivity contribution in [2.75, 3.05) is 4.90 Å². The first-order chi connectivity index (χ1) is 22.7. The van der Waals surface area contributed by atoms with Crippen LogP contribution in [-0.4, -0.2) is 0 Å². The number of nitrogens with zero attached hydrogens (tertiary/aromatic N) is 1. The molecule has 4 heteroatoms. The van der Waals surface area contributed by atoms with E-state index in [2.05, 4.69) is 154 Å². The molecule has 0 bridgehead atoms. The third-order valence-corrected chi connectivity index (χ3v) is 9.30. The first-order valence-corrected chi connectivity index (χ1v) is 16.1. The lowest BCUT2D eigenvalue weighted by molar-refractivity contribution is 0.669. The molecule has 0 unspecified atom stereocenters. The monoisotopic (exact) mass is 655 g/mol. The van der Waals surface area contributed by atoms with Crippen LogP contribution in [0, 0.1) is 0 Å². The van der Waals surface area contributed by atoms with Gasteiger partial charge in [-0.05, 0) is 71.8 Å². The van der Waals surface area contributed by atoms with Gasteiger partial charge in [0.25, 0.3) is 0 Å². The number of halogens is 1. The molecule has 0 aliphatic rings. The molecule has 0 aliphatic heterocycles. The van der Waals surface area contributed by atoms with Gasteiger partial charge in [0.15, 0.2) is 0 Å². The van der Waals surface area contributed by atoms with Crippen LogP contribution in [0.5, 0.6) is 0 Å². The van der Waals surface area contributed by atoms with Crippen LogP contribution in [-0.2, 0) is 0 Å². The Bertz CT molecular complexity index is 2370. The quantitative estimate of drug-likeness (QED) is 0.185. The third-order valence-electron chi connectivity index (χ3n) is 8.77. The third kappa shape index (κ3) is 4.41. The molecular formula is C42H26BrNO2. The van der Waals surface area contributed by atoms with E-state index >= 15 is 0 Å². The maximum atomic E-state index is 6.34. The van der Waals surface area contributed by atoms with E-state index in [1.807, 2.05) is 24.3 Å². The minimum atomic E-state index is 0.906. The molecule has 0 N–H and O–H groups in total. The molecule has 2 aromatic heterocycles. The van der Waals surface area contributed by atoms with Gasteiger partial charge >= 0.3 is 0 Å². The molecule has 0 fully saturated rings. The van der Waals surface area contributed by atoms with Crippen molar-refractivity contribution in [3.8, 4) is 22.3 Å². The van der Waals surface area contributed by atoms with Crippen LogP contribution in [0.15, 0.2) is 171 Å². The zero-order chi connectivity index (χ0) is 30.6. The van der Waals surface area contributed by atoms with Crippen LogP contribution in [0.4, 0.5) is 17.1 Å². The van der Waals surface area contributed by atoms with E-state index < -0.39 is 0 Å². The van der Waals surface area contributed by atoms with E-state index in [1.54, 1.807) is 0 Å². The van der Waals surface area contributed by atoms with Gasteiger partial charge in [-0.25, -0.2) is 0 Å². The summed E-state index contributed by atoms with van der Waals surface area (Å²) < 4.78 is 13.7. The van der Waals surface area contributed by atoms with Gasteiger partial charge < -0.3 is 13.7 Å². The maximum Gasteiger partial charge on any atom is 0.143 e. The molecule has 0 radical (unpaired) electrons. The van der Waals surface area contributed by atoms with E-state index in [0.717, 1.165) is 87.7 Å². The van der Waals surface area contributed by atoms with Gasteiger partial charge in [0.05, 0.1) is 0 Å². The number of para-hydroxylation sites is 4. The number of furan rings is 2. The van der Waals surface area contributed by atoms with Crippen molar-refractivity contribution in [1.82, 2.24) is 0 Å². The largest absolute Gasteiger partial charge is 0.455 e. The Hall–Kier alpha value is -5.58. The molecule has 218 valence electrons. The number of fused-ring (bicyclic) bond motifs is 6. The molecule has 9 aromatic rings. The van der Waals surface area contributed by atoms with E-state index in [0.29, 0.717) is 0 Å². The van der Waals surface area contributed by atoms with Crippen molar-refractivity contribution < 1.29 is 8.83 Å². The molecule has 7 aromatic carbocycles. The Kier molecular flexibility index (Phi) is 6.29. The Morgan fingerprint density at radius 3 is 1.22 bits per heavy atom. The molecule has 0 spiro atoms. The van der Waals surface area contributed by atoms with Gasteiger partial charge in [0.1, 0.15) is 22.3 Å². The number of hydrogen-bond donors (Lipinski definition) is 0. The van der Waals surface area contributed by atoms with Gasteiger partial charge in [-0.3, -0.25) is 0 Å². The average Bonchev–Trinajstić information content (AvgIpc) is 3.69. The van der Waals surface area contributed by atoms with Gasteiger partial charge in [-0.2, -0.15) is 0 Å². The second-order valence-electron chi connectivity index (χ2n) is 11.5. The zero-order valence-corrected chi connectivity index (χ0v) is 26.2. The van der Waals surface area contributed by atoms with Gasteiger partial charge in [-0.15, -0.1) is 0 Å². The first-order valence-electron chi connectivity index (χ1n) is 15.3. The highest BCUT2D eigenvalue weighted by molar-refractivity contribution is 9.10. The summed E-state index contributed by atoms with van der Waals surface area (Å²) >= 11 is 3.61. The highest BCUT2D eigenvalue weighted by Crippen LogP contribution is 2.41. The van der Waals surface area contributed by atoms with Crippen molar-refractivity contribution in [3.63, 3.8) is 0 Å². The SMILES string of the molecule is Brc1ccc(N(c2ccc(-c3cccc4c3oc3ccccc34)cc2)c2ccc(-c3cccc4c3oc3ccccc34)cc2)cc1. The predicted octanol–water partition coefficient (Wildman–Crippen LogP) is 13.1. The maximum absolute atomic E-state index is 6.34. The molecule has 2 heterocycles. The van der Waals surface area contributed by atoms with Crippen LogP contribution in [0.3, 0.4) is 0 Å². The van der Waals surface area contributed by atoms with Crippen LogP contribution >= 0.6 is 15.9 Å². The Labute approximate surface area is 274 Å². The van der Waals surface area contributed by atoms with Crippen molar-refractivity contribution in [2.45, 2.75) is 0 Å². The van der Waals surface area contributed by atoms with Crippen molar-refractivity contribution >= 4 is 76.9 Å². The Balaban J connectivity index is 1.11. The minimum absolute atomic E-state index is 0.906. The smallest absolute Gasteiger partial charge is 0.143 e. The molecule has 0 amide bonds. The number of rotatable bonds is 5. The number of anilines is 3. The lowest BCUT2D eigenvalue weighted by Gasteiger charge is -2.26. The van der Waals surface area contributed by atoms with Crippen LogP contribution < -0.4 is 4.90 Å². The number of hydrogen-bond acceptors (Lipinski definition) is 3. The summed E-state index contributed by atoms with van der Waals surface area (Å²) in [5.41, 5.74) is 11.2. The summed E-state index contributed by atoms with van der Waals surface area (Å²) in [6, 6.07) is 55.1. The zero-order valence-electron chi connectivity index (χ0n) is 24.7. The van der Waals surface area contributed by atoms with Gasteiger partial charge in [0.2, 0.25) is 0 Å². The predicted molar refractivity (Wildman–Crippen MR) is 194 cm³/mol. The van der Waals surface area contributed by atoms with Gasteiger partial charge in [0, 0.05) is 54.2 Å². The second kappa shape index (κ2) is 10.8. The summed E-state index contributed by atoms with van der Waals surface area (Å²) in [5.74, 6) is 0. The topological polar surface area (TPSA) is 29.5 Å². The van der Waals surface area contributed by atoms with E-state index in [4.69, 9.17) is 8.83 Å². The van der Waals surface area contributed by atoms with Crippen molar-refractivity contribution in [3.05, 3.63) is 162 Å². The summed E-state index contributed by atoms with van der Waals surface area (Å²) in [7, 11) is 0. The van der Waals surface area contributed by atoms with E-state index in [-0.39, 0.29) is 0 Å². The van der Waals surface area contributed by atoms with Crippen molar-refractivity contribution in [2.24, 2.45) is 0 Å². The lowest BCUT2D eigenvalue weighted by Crippen LogP contribution is -2.09. The summed E-state index contributed by atoms with van der Waals surface area (Å²) in [6.45, 7) is 0. The van der Waals surface area contributed by atoms with Gasteiger partial charge in [-0.1, -0.05) is 113 Å². The normalized spacial score (nSPS) is 11.6. The minimum Gasteiger partial charge on any atom is -0.455 e. The van der Waals surface area contributed by atoms with E-state index in [9.17, 15) is 0 Å². The van der Waals surface area contributed by atoms with Crippen LogP contribution in [0.1, 0.15) is 0 Å². The molecule has 0 saturated carbocycles. The highest BCUT2D eigenvalue weighted by Gasteiger charge is 2.17. The second-order valence-corrected chi connectivity index (χ2v) is 12.4. The molecule has 3 nitrogen and oxygen atoms in total. The molecule has 46 heavy (non-hydrogen) atoms. The first kappa shape index (κ1) is 26.8. The highest BCUT2D eigenvalue weighted by atomic mass is 79.9.